The van der Waals surface area contributed by atoms with Crippen LogP contribution >= 0.6 is 11.6 Å². The van der Waals surface area contributed by atoms with Gasteiger partial charge in [0.05, 0.1) is 27.6 Å². The number of rotatable bonds is 9. The Morgan fingerprint density at radius 2 is 0.577 bits per heavy atom. The average molecular weight is 1450 g/mol. The standard InChI is InChI=1S/C48H30N6O.C33H21N3O.C15H10ClN3/c55-47-44-43(36-21-10-12-22-39(36)49-47)38-29-33(32-24-26-41-37(28-32)35-20-11-13-23-40(35)53(41)34-18-8-3-9-19-34)25-27-42(38)54(44)48-51-45(30-14-4-1-5-15-30)50-46(52-48)31-16-6-2-7-17-31;37-33-32-31(24-11-4-6-12-27(24)35-33)26-19-20(14-16-28(26)34-32)21-15-17-30-25(18-21)23-10-5-7-13-29(23)36(30)22-8-2-1-3-9-22;16-15-18-13(11-7-3-1-4-8-11)17-14(19-15)12-9-5-2-6-10-12/h1-29H,(H,49,55);1-19,34H,(H,35,37);1-10H. The molecule has 14 nitrogen and oxygen atoms in total. The van der Waals surface area contributed by atoms with Crippen molar-refractivity contribution in [3.8, 4) is 85.1 Å². The fourth-order valence-corrected chi connectivity index (χ4v) is 15.8. The van der Waals surface area contributed by atoms with Gasteiger partial charge in [-0.05, 0) is 131 Å². The minimum absolute atomic E-state index is 0.0957. The third-order valence-electron chi connectivity index (χ3n) is 20.7. The van der Waals surface area contributed by atoms with Gasteiger partial charge in [-0.3, -0.25) is 14.2 Å². The van der Waals surface area contributed by atoms with E-state index in [0.717, 1.165) is 121 Å². The molecule has 0 aliphatic carbocycles. The molecule has 111 heavy (non-hydrogen) atoms. The van der Waals surface area contributed by atoms with Crippen molar-refractivity contribution in [3.63, 3.8) is 0 Å². The van der Waals surface area contributed by atoms with Crippen molar-refractivity contribution in [2.45, 2.75) is 0 Å². The lowest BCUT2D eigenvalue weighted by molar-refractivity contribution is 0.949. The molecule has 0 radical (unpaired) electrons. The number of pyridine rings is 2. The average Bonchev–Trinajstić information content (AvgIpc) is 1.56. The van der Waals surface area contributed by atoms with E-state index in [1.807, 2.05) is 174 Å². The van der Waals surface area contributed by atoms with E-state index in [1.165, 1.54) is 32.6 Å². The minimum atomic E-state index is -0.218. The van der Waals surface area contributed by atoms with Gasteiger partial charge in [-0.2, -0.15) is 19.9 Å². The Labute approximate surface area is 638 Å². The van der Waals surface area contributed by atoms with Crippen LogP contribution in [0.1, 0.15) is 0 Å². The molecule has 22 aromatic rings. The largest absolute Gasteiger partial charge is 0.350 e. The molecular formula is C96H61ClN12O2. The number of nitrogens with one attached hydrogen (secondary N) is 3. The first-order valence-corrected chi connectivity index (χ1v) is 36.9. The van der Waals surface area contributed by atoms with E-state index in [4.69, 9.17) is 26.6 Å². The van der Waals surface area contributed by atoms with Crippen molar-refractivity contribution < 1.29 is 0 Å². The van der Waals surface area contributed by atoms with Crippen molar-refractivity contribution in [1.82, 2.24) is 58.6 Å². The number of aromatic amines is 3. The number of halogens is 1. The van der Waals surface area contributed by atoms with E-state index < -0.39 is 0 Å². The van der Waals surface area contributed by atoms with Crippen LogP contribution in [-0.2, 0) is 0 Å². The molecule has 0 saturated carbocycles. The van der Waals surface area contributed by atoms with Gasteiger partial charge in [0.1, 0.15) is 11.0 Å². The van der Waals surface area contributed by atoms with Crippen LogP contribution in [0.2, 0.25) is 5.28 Å². The highest BCUT2D eigenvalue weighted by atomic mass is 35.5. The van der Waals surface area contributed by atoms with Crippen LogP contribution in [0, 0.1) is 0 Å². The molecule has 0 saturated heterocycles. The number of aromatic nitrogens is 12. The molecule has 0 atom stereocenters. The predicted molar refractivity (Wildman–Crippen MR) is 452 cm³/mol. The highest BCUT2D eigenvalue weighted by Crippen LogP contribution is 2.42. The molecule has 0 fully saturated rings. The summed E-state index contributed by atoms with van der Waals surface area (Å²) in [6.07, 6.45) is 0. The maximum absolute atomic E-state index is 14.3. The van der Waals surface area contributed by atoms with Gasteiger partial charge in [-0.25, -0.2) is 9.97 Å². The van der Waals surface area contributed by atoms with Crippen LogP contribution < -0.4 is 11.1 Å². The van der Waals surface area contributed by atoms with Crippen molar-refractivity contribution in [3.05, 3.63) is 378 Å². The zero-order valence-electron chi connectivity index (χ0n) is 59.2. The molecule has 0 unspecified atom stereocenters. The molecule has 0 aliphatic heterocycles. The molecule has 0 aliphatic rings. The summed E-state index contributed by atoms with van der Waals surface area (Å²) >= 11 is 5.99. The molecule has 8 aromatic heterocycles. The maximum atomic E-state index is 14.3. The quantitative estimate of drug-likeness (QED) is 0.128. The number of hydrogen-bond acceptors (Lipinski definition) is 8. The first kappa shape index (κ1) is 65.5. The highest BCUT2D eigenvalue weighted by Gasteiger charge is 2.24. The number of para-hydroxylation sites is 6. The van der Waals surface area contributed by atoms with Gasteiger partial charge in [-0.15, -0.1) is 0 Å². The van der Waals surface area contributed by atoms with E-state index >= 15 is 0 Å². The van der Waals surface area contributed by atoms with Crippen molar-refractivity contribution in [1.29, 1.82) is 0 Å². The third-order valence-corrected chi connectivity index (χ3v) is 20.9. The molecule has 0 amide bonds. The van der Waals surface area contributed by atoms with E-state index in [-0.39, 0.29) is 16.4 Å². The first-order valence-electron chi connectivity index (χ1n) is 36.5. The van der Waals surface area contributed by atoms with Gasteiger partial charge in [-0.1, -0.05) is 255 Å². The molecule has 22 rings (SSSR count). The minimum Gasteiger partial charge on any atom is -0.350 e. The van der Waals surface area contributed by atoms with Gasteiger partial charge in [0, 0.05) is 104 Å². The van der Waals surface area contributed by atoms with Crippen molar-refractivity contribution in [2.24, 2.45) is 0 Å². The summed E-state index contributed by atoms with van der Waals surface area (Å²) in [6.45, 7) is 0. The van der Waals surface area contributed by atoms with E-state index in [1.54, 1.807) is 0 Å². The zero-order chi connectivity index (χ0) is 74.0. The summed E-state index contributed by atoms with van der Waals surface area (Å²) in [5.74, 6) is 2.59. The van der Waals surface area contributed by atoms with Crippen molar-refractivity contribution >= 4 is 121 Å². The van der Waals surface area contributed by atoms with Crippen LogP contribution in [-0.4, -0.2) is 58.6 Å². The van der Waals surface area contributed by atoms with Gasteiger partial charge < -0.3 is 24.1 Å². The van der Waals surface area contributed by atoms with Gasteiger partial charge in [0.15, 0.2) is 23.3 Å². The Balaban J connectivity index is 0.000000123. The van der Waals surface area contributed by atoms with E-state index in [2.05, 4.69) is 221 Å². The Kier molecular flexibility index (Phi) is 16.2. The molecule has 0 spiro atoms. The lowest BCUT2D eigenvalue weighted by Crippen LogP contribution is -2.13. The van der Waals surface area contributed by atoms with Crippen LogP contribution in [0.15, 0.2) is 361 Å². The normalized spacial score (nSPS) is 11.5. The Morgan fingerprint density at radius 1 is 0.243 bits per heavy atom. The molecule has 524 valence electrons. The Morgan fingerprint density at radius 3 is 1.04 bits per heavy atom. The molecule has 8 heterocycles. The lowest BCUT2D eigenvalue weighted by atomic mass is 10.00. The summed E-state index contributed by atoms with van der Waals surface area (Å²) in [5.41, 5.74) is 19.1. The number of fused-ring (bicyclic) bond motifs is 16. The second-order valence-corrected chi connectivity index (χ2v) is 27.6. The fourth-order valence-electron chi connectivity index (χ4n) is 15.7. The van der Waals surface area contributed by atoms with E-state index in [9.17, 15) is 9.59 Å². The zero-order valence-corrected chi connectivity index (χ0v) is 60.0. The molecular weight excluding hydrogens is 1390 g/mol. The number of nitrogens with zero attached hydrogens (tertiary/aromatic N) is 9. The van der Waals surface area contributed by atoms with E-state index in [0.29, 0.717) is 40.3 Å². The Hall–Kier alpha value is -15.0. The number of benzene rings is 14. The summed E-state index contributed by atoms with van der Waals surface area (Å²) < 4.78 is 6.55. The summed E-state index contributed by atoms with van der Waals surface area (Å²) in [6, 6.07) is 120. The van der Waals surface area contributed by atoms with Gasteiger partial charge in [0.2, 0.25) is 11.2 Å². The second-order valence-electron chi connectivity index (χ2n) is 27.3. The molecule has 0 bridgehead atoms. The summed E-state index contributed by atoms with van der Waals surface area (Å²) in [5, 5.41) is 10.8. The monoisotopic (exact) mass is 1450 g/mol. The lowest BCUT2D eigenvalue weighted by Gasteiger charge is -2.11. The van der Waals surface area contributed by atoms with Gasteiger partial charge >= 0.3 is 0 Å². The molecule has 15 heteroatoms. The third kappa shape index (κ3) is 11.7. The summed E-state index contributed by atoms with van der Waals surface area (Å²) in [7, 11) is 0. The van der Waals surface area contributed by atoms with Crippen molar-refractivity contribution in [2.75, 3.05) is 0 Å². The topological polar surface area (TPSA) is 174 Å². The Bertz CT molecular complexity index is 7390. The van der Waals surface area contributed by atoms with Crippen LogP contribution in [0.4, 0.5) is 0 Å². The summed E-state index contributed by atoms with van der Waals surface area (Å²) in [4.78, 5) is 64.4. The van der Waals surface area contributed by atoms with Crippen LogP contribution in [0.3, 0.4) is 0 Å². The SMILES string of the molecule is Clc1nc(-c2ccccc2)nc(-c2ccccc2)n1.O=c1[nH]c2ccccc2c2c1[nH]c1ccc(-c3ccc4c(c3)c3ccccc3n4-c3ccccc3)cc12.O=c1[nH]c2ccccc2c2c3cc(-c4ccc5c(c4)c4ccccc4n5-c4ccccc4)ccc3n(-c3nc(-c4ccccc4)nc(-c4ccccc4)n3)c12. The predicted octanol–water partition coefficient (Wildman–Crippen LogP) is 22.7. The van der Waals surface area contributed by atoms with Gasteiger partial charge in [0.25, 0.3) is 11.1 Å². The second kappa shape index (κ2) is 27.4. The number of hydrogen-bond donors (Lipinski definition) is 3. The number of H-pyrrole nitrogens is 3. The van der Waals surface area contributed by atoms with Crippen LogP contribution in [0.5, 0.6) is 0 Å². The highest BCUT2D eigenvalue weighted by molar-refractivity contribution is 6.28. The molecule has 3 N–H and O–H groups in total. The van der Waals surface area contributed by atoms with Crippen LogP contribution in [0.25, 0.3) is 194 Å². The maximum Gasteiger partial charge on any atom is 0.273 e. The molecule has 14 aromatic carbocycles. The fraction of sp³-hybridized carbons (Fsp3) is 0. The smallest absolute Gasteiger partial charge is 0.273 e. The first-order chi connectivity index (χ1) is 54.8.